The summed E-state index contributed by atoms with van der Waals surface area (Å²) in [6.07, 6.45) is 0.866. The third kappa shape index (κ3) is 10.3. The Hall–Kier alpha value is -1.84. The van der Waals surface area contributed by atoms with Gasteiger partial charge in [0, 0.05) is 45.0 Å². The second kappa shape index (κ2) is 15.0. The molecule has 0 spiro atoms. The molecule has 2 rings (SSSR count). The fourth-order valence-corrected chi connectivity index (χ4v) is 2.86. The topological polar surface area (TPSA) is 58.1 Å². The number of guanidine groups is 1. The highest BCUT2D eigenvalue weighted by atomic mass is 127. The van der Waals surface area contributed by atoms with E-state index >= 15 is 0 Å². The minimum absolute atomic E-state index is 0. The molecule has 0 heterocycles. The smallest absolute Gasteiger partial charge is 0.196 e. The van der Waals surface area contributed by atoms with E-state index in [1.807, 2.05) is 24.3 Å². The molecular formula is C23H35IN4O2. The van der Waals surface area contributed by atoms with Crippen molar-refractivity contribution < 1.29 is 9.47 Å². The molecule has 0 aliphatic heterocycles. The number of anilines is 1. The van der Waals surface area contributed by atoms with Crippen LogP contribution in [0.15, 0.2) is 53.5 Å². The van der Waals surface area contributed by atoms with Crippen molar-refractivity contribution in [1.29, 1.82) is 0 Å². The SMILES string of the molecule is CCNC(=NCc1cccc(CN(C)C)c1)Nc1cccc(OCCCOC)c1.I. The van der Waals surface area contributed by atoms with Crippen LogP contribution >= 0.6 is 24.0 Å². The van der Waals surface area contributed by atoms with Crippen LogP contribution in [0.4, 0.5) is 5.69 Å². The van der Waals surface area contributed by atoms with Crippen molar-refractivity contribution in [3.63, 3.8) is 0 Å². The first-order chi connectivity index (χ1) is 14.1. The van der Waals surface area contributed by atoms with E-state index in [-0.39, 0.29) is 24.0 Å². The Labute approximate surface area is 198 Å². The van der Waals surface area contributed by atoms with E-state index < -0.39 is 0 Å². The molecule has 0 saturated heterocycles. The van der Waals surface area contributed by atoms with Crippen LogP contribution in [0, 0.1) is 0 Å². The maximum Gasteiger partial charge on any atom is 0.196 e. The third-order valence-corrected chi connectivity index (χ3v) is 4.11. The van der Waals surface area contributed by atoms with Gasteiger partial charge in [-0.2, -0.15) is 0 Å². The lowest BCUT2D eigenvalue weighted by molar-refractivity contribution is 0.172. The van der Waals surface area contributed by atoms with Crippen LogP contribution in [0.5, 0.6) is 5.75 Å². The van der Waals surface area contributed by atoms with Crippen LogP contribution < -0.4 is 15.4 Å². The van der Waals surface area contributed by atoms with Gasteiger partial charge in [-0.05, 0) is 44.3 Å². The second-order valence-corrected chi connectivity index (χ2v) is 7.10. The van der Waals surface area contributed by atoms with Crippen molar-refractivity contribution in [2.24, 2.45) is 4.99 Å². The van der Waals surface area contributed by atoms with Gasteiger partial charge in [-0.15, -0.1) is 24.0 Å². The Morgan fingerprint density at radius 3 is 2.53 bits per heavy atom. The Morgan fingerprint density at radius 1 is 1.03 bits per heavy atom. The molecule has 0 aliphatic carbocycles. The number of nitrogens with one attached hydrogen (secondary N) is 2. The molecule has 0 bridgehead atoms. The third-order valence-electron chi connectivity index (χ3n) is 4.11. The summed E-state index contributed by atoms with van der Waals surface area (Å²) >= 11 is 0. The van der Waals surface area contributed by atoms with Crippen LogP contribution in [0.2, 0.25) is 0 Å². The van der Waals surface area contributed by atoms with Gasteiger partial charge in [0.25, 0.3) is 0 Å². The number of hydrogen-bond donors (Lipinski definition) is 2. The zero-order valence-electron chi connectivity index (χ0n) is 18.5. The van der Waals surface area contributed by atoms with Crippen LogP contribution in [0.25, 0.3) is 0 Å². The van der Waals surface area contributed by atoms with E-state index in [9.17, 15) is 0 Å². The Bertz CT molecular complexity index is 768. The van der Waals surface area contributed by atoms with Crippen LogP contribution in [-0.2, 0) is 17.8 Å². The number of nitrogens with zero attached hydrogens (tertiary/aromatic N) is 2. The fourth-order valence-electron chi connectivity index (χ4n) is 2.86. The molecule has 0 radical (unpaired) electrons. The lowest BCUT2D eigenvalue weighted by Gasteiger charge is -2.13. The predicted octanol–water partition coefficient (Wildman–Crippen LogP) is 4.36. The Balaban J connectivity index is 0.00000450. The number of aliphatic imine (C=N–C) groups is 1. The highest BCUT2D eigenvalue weighted by Gasteiger charge is 2.03. The summed E-state index contributed by atoms with van der Waals surface area (Å²) in [5.41, 5.74) is 3.42. The fraction of sp³-hybridized carbons (Fsp3) is 0.435. The predicted molar refractivity (Wildman–Crippen MR) is 136 cm³/mol. The molecule has 0 saturated carbocycles. The van der Waals surface area contributed by atoms with Gasteiger partial charge in [-0.25, -0.2) is 4.99 Å². The molecular weight excluding hydrogens is 491 g/mol. The number of benzene rings is 2. The minimum Gasteiger partial charge on any atom is -0.493 e. The molecule has 7 heteroatoms. The van der Waals surface area contributed by atoms with Gasteiger partial charge >= 0.3 is 0 Å². The first-order valence-corrected chi connectivity index (χ1v) is 10.1. The molecule has 0 aromatic heterocycles. The molecule has 6 nitrogen and oxygen atoms in total. The Kier molecular flexibility index (Phi) is 13.1. The van der Waals surface area contributed by atoms with E-state index in [1.165, 1.54) is 11.1 Å². The summed E-state index contributed by atoms with van der Waals surface area (Å²) in [7, 11) is 5.85. The summed E-state index contributed by atoms with van der Waals surface area (Å²) in [5, 5.41) is 6.67. The van der Waals surface area contributed by atoms with E-state index in [1.54, 1.807) is 7.11 Å². The van der Waals surface area contributed by atoms with Crippen molar-refractivity contribution in [3.05, 3.63) is 59.7 Å². The largest absolute Gasteiger partial charge is 0.493 e. The zero-order valence-corrected chi connectivity index (χ0v) is 20.8. The van der Waals surface area contributed by atoms with E-state index in [0.717, 1.165) is 36.9 Å². The van der Waals surface area contributed by atoms with Crippen LogP contribution in [-0.4, -0.2) is 51.8 Å². The van der Waals surface area contributed by atoms with Gasteiger partial charge in [-0.1, -0.05) is 30.3 Å². The zero-order chi connectivity index (χ0) is 20.9. The van der Waals surface area contributed by atoms with Crippen molar-refractivity contribution >= 4 is 35.6 Å². The van der Waals surface area contributed by atoms with Gasteiger partial charge in [-0.3, -0.25) is 0 Å². The van der Waals surface area contributed by atoms with E-state index in [4.69, 9.17) is 14.5 Å². The van der Waals surface area contributed by atoms with Crippen LogP contribution in [0.1, 0.15) is 24.5 Å². The summed E-state index contributed by atoms with van der Waals surface area (Å²) in [5.74, 6) is 1.58. The van der Waals surface area contributed by atoms with Gasteiger partial charge in [0.15, 0.2) is 5.96 Å². The van der Waals surface area contributed by atoms with Crippen molar-refractivity contribution in [3.8, 4) is 5.75 Å². The maximum atomic E-state index is 5.78. The molecule has 30 heavy (non-hydrogen) atoms. The highest BCUT2D eigenvalue weighted by Crippen LogP contribution is 2.17. The molecule has 0 amide bonds. The molecule has 2 aromatic carbocycles. The van der Waals surface area contributed by atoms with Gasteiger partial charge in [0.2, 0.25) is 0 Å². The summed E-state index contributed by atoms with van der Waals surface area (Å²) < 4.78 is 10.8. The molecule has 0 fully saturated rings. The summed E-state index contributed by atoms with van der Waals surface area (Å²) in [4.78, 5) is 6.90. The normalized spacial score (nSPS) is 11.2. The number of hydrogen-bond acceptors (Lipinski definition) is 4. The van der Waals surface area contributed by atoms with Crippen LogP contribution in [0.3, 0.4) is 0 Å². The first kappa shape index (κ1) is 26.2. The average molecular weight is 526 g/mol. The molecule has 0 unspecified atom stereocenters. The van der Waals surface area contributed by atoms with Crippen molar-refractivity contribution in [2.75, 3.05) is 46.3 Å². The second-order valence-electron chi connectivity index (χ2n) is 7.10. The lowest BCUT2D eigenvalue weighted by Crippen LogP contribution is -2.30. The van der Waals surface area contributed by atoms with E-state index in [0.29, 0.717) is 19.8 Å². The minimum atomic E-state index is 0. The van der Waals surface area contributed by atoms with E-state index in [2.05, 4.69) is 60.8 Å². The quantitative estimate of drug-likeness (QED) is 0.197. The Morgan fingerprint density at radius 2 is 1.80 bits per heavy atom. The van der Waals surface area contributed by atoms with Gasteiger partial charge in [0.05, 0.1) is 13.2 Å². The van der Waals surface area contributed by atoms with Crippen molar-refractivity contribution in [1.82, 2.24) is 10.2 Å². The number of rotatable bonds is 11. The lowest BCUT2D eigenvalue weighted by atomic mass is 10.1. The van der Waals surface area contributed by atoms with Gasteiger partial charge < -0.3 is 25.0 Å². The molecule has 2 aromatic rings. The summed E-state index contributed by atoms with van der Waals surface area (Å²) in [6, 6.07) is 16.5. The summed E-state index contributed by atoms with van der Waals surface area (Å²) in [6.45, 7) is 5.72. The molecule has 166 valence electrons. The molecule has 0 aliphatic rings. The molecule has 0 atom stereocenters. The highest BCUT2D eigenvalue weighted by molar-refractivity contribution is 14.0. The monoisotopic (exact) mass is 526 g/mol. The standard InChI is InChI=1S/C23H34N4O2.HI/c1-5-24-23(25-17-19-9-6-10-20(15-19)18-27(2)3)26-21-11-7-12-22(16-21)29-14-8-13-28-4;/h6-7,9-12,15-16H,5,8,13-14,17-18H2,1-4H3,(H2,24,25,26);1H. The number of ether oxygens (including phenoxy) is 2. The molecule has 2 N–H and O–H groups in total. The first-order valence-electron chi connectivity index (χ1n) is 10.1. The maximum absolute atomic E-state index is 5.78. The van der Waals surface area contributed by atoms with Gasteiger partial charge in [0.1, 0.15) is 5.75 Å². The number of halogens is 1. The van der Waals surface area contributed by atoms with Crippen molar-refractivity contribution in [2.45, 2.75) is 26.4 Å². The number of methoxy groups -OCH3 is 1. The average Bonchev–Trinajstić information content (AvgIpc) is 2.70.